The van der Waals surface area contributed by atoms with Gasteiger partial charge in [-0.15, -0.1) is 0 Å². The highest BCUT2D eigenvalue weighted by molar-refractivity contribution is 5.70. The summed E-state index contributed by atoms with van der Waals surface area (Å²) in [4.78, 5) is 7.58. The van der Waals surface area contributed by atoms with Crippen LogP contribution in [0.25, 0.3) is 28.0 Å². The maximum Gasteiger partial charge on any atom is 0.137 e. The van der Waals surface area contributed by atoms with Gasteiger partial charge in [0.25, 0.3) is 0 Å². The van der Waals surface area contributed by atoms with Crippen molar-refractivity contribution in [3.8, 4) is 28.1 Å². The van der Waals surface area contributed by atoms with Crippen molar-refractivity contribution < 1.29 is 4.74 Å². The molecular weight excluding hydrogens is 384 g/mol. The molecule has 0 amide bonds. The van der Waals surface area contributed by atoms with Crippen LogP contribution >= 0.6 is 0 Å². The highest BCUT2D eigenvalue weighted by atomic mass is 16.5. The number of nitrogens with zero attached hydrogens (tertiary/aromatic N) is 3. The molecule has 0 unspecified atom stereocenters. The van der Waals surface area contributed by atoms with Crippen molar-refractivity contribution in [2.45, 2.75) is 13.0 Å². The Labute approximate surface area is 183 Å². The van der Waals surface area contributed by atoms with Gasteiger partial charge in [-0.05, 0) is 67.0 Å². The standard InChI is InChI=1S/C26H28N4O/c1-31-23-11-8-21(9-12-23)26-24(19-29-16-5-14-27-15-17-29)30-18-22(10-13-25(30)28-26)20-6-3-2-4-7-20/h2-4,6-13,18,27H,5,14-17,19H2,1H3. The lowest BCUT2D eigenvalue weighted by Crippen LogP contribution is -2.28. The molecule has 31 heavy (non-hydrogen) atoms. The summed E-state index contributed by atoms with van der Waals surface area (Å²) in [7, 11) is 1.70. The monoisotopic (exact) mass is 412 g/mol. The fourth-order valence-electron chi connectivity index (χ4n) is 4.30. The molecule has 1 aliphatic heterocycles. The molecule has 0 saturated carbocycles. The molecule has 2 aromatic heterocycles. The van der Waals surface area contributed by atoms with Gasteiger partial charge in [0.1, 0.15) is 11.4 Å². The second-order valence-corrected chi connectivity index (χ2v) is 8.03. The number of hydrogen-bond acceptors (Lipinski definition) is 4. The zero-order valence-electron chi connectivity index (χ0n) is 17.9. The SMILES string of the molecule is COc1ccc(-c2nc3ccc(-c4ccccc4)cn3c2CN2CCCNCC2)cc1. The lowest BCUT2D eigenvalue weighted by molar-refractivity contribution is 0.281. The number of aromatic nitrogens is 2. The van der Waals surface area contributed by atoms with E-state index in [0.29, 0.717) is 0 Å². The molecule has 4 aromatic rings. The van der Waals surface area contributed by atoms with Crippen LogP contribution in [0.3, 0.4) is 0 Å². The number of ether oxygens (including phenoxy) is 1. The second kappa shape index (κ2) is 8.92. The summed E-state index contributed by atoms with van der Waals surface area (Å²) in [5, 5.41) is 3.51. The highest BCUT2D eigenvalue weighted by Crippen LogP contribution is 2.29. The van der Waals surface area contributed by atoms with Crippen molar-refractivity contribution in [1.82, 2.24) is 19.6 Å². The first-order valence-electron chi connectivity index (χ1n) is 11.0. The molecule has 1 fully saturated rings. The first kappa shape index (κ1) is 19.8. The minimum absolute atomic E-state index is 0.860. The third kappa shape index (κ3) is 4.20. The van der Waals surface area contributed by atoms with Gasteiger partial charge in [0, 0.05) is 31.4 Å². The molecule has 1 aliphatic rings. The van der Waals surface area contributed by atoms with E-state index in [0.717, 1.165) is 55.4 Å². The Morgan fingerprint density at radius 2 is 1.68 bits per heavy atom. The normalized spacial score (nSPS) is 15.1. The van der Waals surface area contributed by atoms with Crippen LogP contribution in [-0.2, 0) is 6.54 Å². The maximum absolute atomic E-state index is 5.35. The number of hydrogen-bond donors (Lipinski definition) is 1. The van der Waals surface area contributed by atoms with E-state index in [4.69, 9.17) is 9.72 Å². The average molecular weight is 413 g/mol. The first-order chi connectivity index (χ1) is 15.3. The summed E-state index contributed by atoms with van der Waals surface area (Å²) in [5.41, 5.74) is 6.80. The zero-order chi connectivity index (χ0) is 21.0. The molecule has 0 radical (unpaired) electrons. The minimum Gasteiger partial charge on any atom is -0.497 e. The predicted octanol–water partition coefficient (Wildman–Crippen LogP) is 4.47. The van der Waals surface area contributed by atoms with E-state index in [1.54, 1.807) is 7.11 Å². The molecule has 0 spiro atoms. The van der Waals surface area contributed by atoms with Crippen molar-refractivity contribution in [1.29, 1.82) is 0 Å². The van der Waals surface area contributed by atoms with Crippen molar-refractivity contribution >= 4 is 5.65 Å². The molecule has 5 nitrogen and oxygen atoms in total. The van der Waals surface area contributed by atoms with Crippen molar-refractivity contribution in [3.05, 3.63) is 78.6 Å². The molecule has 1 saturated heterocycles. The van der Waals surface area contributed by atoms with E-state index in [-0.39, 0.29) is 0 Å². The number of imidazole rings is 1. The summed E-state index contributed by atoms with van der Waals surface area (Å²) >= 11 is 0. The Kier molecular flexibility index (Phi) is 5.69. The average Bonchev–Trinajstić information content (AvgIpc) is 2.98. The van der Waals surface area contributed by atoms with E-state index >= 15 is 0 Å². The van der Waals surface area contributed by atoms with E-state index in [9.17, 15) is 0 Å². The predicted molar refractivity (Wildman–Crippen MR) is 125 cm³/mol. The summed E-state index contributed by atoms with van der Waals surface area (Å²) in [6, 6.07) is 23.0. The fraction of sp³-hybridized carbons (Fsp3) is 0.269. The minimum atomic E-state index is 0.860. The van der Waals surface area contributed by atoms with Crippen LogP contribution in [0.1, 0.15) is 12.1 Å². The van der Waals surface area contributed by atoms with Gasteiger partial charge in [-0.1, -0.05) is 30.3 Å². The topological polar surface area (TPSA) is 41.8 Å². The van der Waals surface area contributed by atoms with Crippen molar-refractivity contribution in [2.24, 2.45) is 0 Å². The van der Waals surface area contributed by atoms with Gasteiger partial charge >= 0.3 is 0 Å². The number of pyridine rings is 1. The van der Waals surface area contributed by atoms with Gasteiger partial charge in [-0.2, -0.15) is 0 Å². The third-order valence-electron chi connectivity index (χ3n) is 5.99. The Morgan fingerprint density at radius 1 is 0.871 bits per heavy atom. The number of benzene rings is 2. The Balaban J connectivity index is 1.61. The Bertz CT molecular complexity index is 1140. The molecule has 3 heterocycles. The van der Waals surface area contributed by atoms with Crippen LogP contribution in [-0.4, -0.2) is 47.6 Å². The molecule has 0 atom stereocenters. The lowest BCUT2D eigenvalue weighted by atomic mass is 10.1. The van der Waals surface area contributed by atoms with Crippen LogP contribution in [0.2, 0.25) is 0 Å². The van der Waals surface area contributed by atoms with Crippen molar-refractivity contribution in [3.63, 3.8) is 0 Å². The van der Waals surface area contributed by atoms with Crippen LogP contribution in [0, 0.1) is 0 Å². The number of nitrogens with one attached hydrogen (secondary N) is 1. The van der Waals surface area contributed by atoms with Gasteiger partial charge in [-0.3, -0.25) is 4.90 Å². The second-order valence-electron chi connectivity index (χ2n) is 8.03. The summed E-state index contributed by atoms with van der Waals surface area (Å²) < 4.78 is 7.63. The quantitative estimate of drug-likeness (QED) is 0.525. The smallest absolute Gasteiger partial charge is 0.137 e. The van der Waals surface area contributed by atoms with Gasteiger partial charge in [0.2, 0.25) is 0 Å². The molecule has 5 rings (SSSR count). The Hall–Kier alpha value is -3.15. The summed E-state index contributed by atoms with van der Waals surface area (Å²) in [5.74, 6) is 0.860. The molecule has 158 valence electrons. The summed E-state index contributed by atoms with van der Waals surface area (Å²) in [6.45, 7) is 5.15. The van der Waals surface area contributed by atoms with Crippen LogP contribution in [0.5, 0.6) is 5.75 Å². The van der Waals surface area contributed by atoms with E-state index in [1.165, 1.54) is 23.2 Å². The maximum atomic E-state index is 5.35. The first-order valence-corrected chi connectivity index (χ1v) is 11.0. The van der Waals surface area contributed by atoms with E-state index < -0.39 is 0 Å². The lowest BCUT2D eigenvalue weighted by Gasteiger charge is -2.20. The largest absolute Gasteiger partial charge is 0.497 e. The highest BCUT2D eigenvalue weighted by Gasteiger charge is 2.19. The van der Waals surface area contributed by atoms with Crippen LogP contribution in [0.15, 0.2) is 72.9 Å². The third-order valence-corrected chi connectivity index (χ3v) is 5.99. The number of methoxy groups -OCH3 is 1. The number of fused-ring (bicyclic) bond motifs is 1. The van der Waals surface area contributed by atoms with Crippen molar-refractivity contribution in [2.75, 3.05) is 33.3 Å². The van der Waals surface area contributed by atoms with Crippen LogP contribution in [0.4, 0.5) is 0 Å². The van der Waals surface area contributed by atoms with Gasteiger partial charge in [0.05, 0.1) is 18.5 Å². The van der Waals surface area contributed by atoms with Crippen LogP contribution < -0.4 is 10.1 Å². The van der Waals surface area contributed by atoms with Gasteiger partial charge in [-0.25, -0.2) is 4.98 Å². The molecular formula is C26H28N4O. The molecule has 2 aromatic carbocycles. The fourth-order valence-corrected chi connectivity index (χ4v) is 4.30. The molecule has 0 bridgehead atoms. The van der Waals surface area contributed by atoms with E-state index in [1.807, 2.05) is 12.1 Å². The molecule has 0 aliphatic carbocycles. The molecule has 1 N–H and O–H groups in total. The van der Waals surface area contributed by atoms with E-state index in [2.05, 4.69) is 75.4 Å². The van der Waals surface area contributed by atoms with Gasteiger partial charge < -0.3 is 14.5 Å². The Morgan fingerprint density at radius 3 is 2.48 bits per heavy atom. The number of rotatable bonds is 5. The summed E-state index contributed by atoms with van der Waals surface area (Å²) in [6.07, 6.45) is 3.40. The molecule has 5 heteroatoms. The van der Waals surface area contributed by atoms with Gasteiger partial charge in [0.15, 0.2) is 0 Å². The zero-order valence-corrected chi connectivity index (χ0v) is 17.9.